The maximum Gasteiger partial charge on any atom is 0.410 e. The number of carbonyl (C=O) groups is 1. The molecule has 1 aromatic rings. The Labute approximate surface area is 126 Å². The van der Waals surface area contributed by atoms with E-state index in [9.17, 15) is 4.79 Å². The molecular weight excluding hydrogens is 264 g/mol. The van der Waals surface area contributed by atoms with Crippen LogP contribution in [0.4, 0.5) is 4.79 Å². The van der Waals surface area contributed by atoms with Gasteiger partial charge in [0.2, 0.25) is 0 Å². The van der Waals surface area contributed by atoms with Gasteiger partial charge >= 0.3 is 6.09 Å². The van der Waals surface area contributed by atoms with Crippen LogP contribution >= 0.6 is 0 Å². The Morgan fingerprint density at radius 3 is 2.86 bits per heavy atom. The number of ether oxygens (including phenoxy) is 1. The first-order chi connectivity index (χ1) is 10.3. The van der Waals surface area contributed by atoms with Gasteiger partial charge in [-0.25, -0.2) is 4.79 Å². The van der Waals surface area contributed by atoms with E-state index in [1.165, 1.54) is 12.0 Å². The molecule has 0 unspecified atom stereocenters. The van der Waals surface area contributed by atoms with Crippen LogP contribution in [0.1, 0.15) is 25.3 Å². The third-order valence-corrected chi connectivity index (χ3v) is 4.61. The summed E-state index contributed by atoms with van der Waals surface area (Å²) in [6.07, 6.45) is 2.19. The molecule has 2 aliphatic rings. The van der Waals surface area contributed by atoms with Gasteiger partial charge in [0.25, 0.3) is 0 Å². The van der Waals surface area contributed by atoms with Gasteiger partial charge < -0.3 is 9.64 Å². The number of hydrogen-bond donors (Lipinski definition) is 0. The van der Waals surface area contributed by atoms with Crippen molar-refractivity contribution in [3.8, 4) is 0 Å². The molecule has 0 radical (unpaired) electrons. The molecule has 2 heterocycles. The van der Waals surface area contributed by atoms with Crippen LogP contribution in [-0.4, -0.2) is 48.2 Å². The van der Waals surface area contributed by atoms with E-state index in [1.807, 2.05) is 11.8 Å². The largest absolute Gasteiger partial charge is 0.450 e. The SMILES string of the molecule is CCOC(=O)N1CCC[C@@H]2CN(Cc3ccccc3)C[C@@H]21. The van der Waals surface area contributed by atoms with E-state index in [4.69, 9.17) is 4.74 Å². The summed E-state index contributed by atoms with van der Waals surface area (Å²) in [6.45, 7) is 6.22. The van der Waals surface area contributed by atoms with Crippen molar-refractivity contribution in [2.24, 2.45) is 5.92 Å². The van der Waals surface area contributed by atoms with Gasteiger partial charge in [0, 0.05) is 26.2 Å². The number of amides is 1. The molecule has 1 amide bonds. The highest BCUT2D eigenvalue weighted by atomic mass is 16.6. The lowest BCUT2D eigenvalue weighted by molar-refractivity contribution is 0.0686. The molecule has 21 heavy (non-hydrogen) atoms. The summed E-state index contributed by atoms with van der Waals surface area (Å²) in [4.78, 5) is 16.5. The fraction of sp³-hybridized carbons (Fsp3) is 0.588. The van der Waals surface area contributed by atoms with Crippen LogP contribution in [0.3, 0.4) is 0 Å². The molecule has 0 saturated carbocycles. The number of rotatable bonds is 3. The van der Waals surface area contributed by atoms with E-state index in [1.54, 1.807) is 0 Å². The molecule has 0 N–H and O–H groups in total. The lowest BCUT2D eigenvalue weighted by Crippen LogP contribution is -2.48. The molecule has 4 heteroatoms. The van der Waals surface area contributed by atoms with Crippen molar-refractivity contribution >= 4 is 6.09 Å². The number of nitrogens with zero attached hydrogens (tertiary/aromatic N) is 2. The molecule has 2 aliphatic heterocycles. The Balaban J connectivity index is 1.64. The zero-order chi connectivity index (χ0) is 14.7. The van der Waals surface area contributed by atoms with E-state index in [0.29, 0.717) is 18.6 Å². The number of benzene rings is 1. The third-order valence-electron chi connectivity index (χ3n) is 4.61. The highest BCUT2D eigenvalue weighted by molar-refractivity contribution is 5.68. The first kappa shape index (κ1) is 14.4. The standard InChI is InChI=1S/C17H24N2O2/c1-2-21-17(20)19-10-6-9-15-12-18(13-16(15)19)11-14-7-4-3-5-8-14/h3-5,7-8,15-16H,2,6,9-13H2,1H3/t15-,16+/m1/s1. The monoisotopic (exact) mass is 288 g/mol. The summed E-state index contributed by atoms with van der Waals surface area (Å²) in [5.41, 5.74) is 1.35. The minimum absolute atomic E-state index is 0.131. The molecule has 3 rings (SSSR count). The highest BCUT2D eigenvalue weighted by Crippen LogP contribution is 2.31. The molecular formula is C17H24N2O2. The van der Waals surface area contributed by atoms with Crippen LogP contribution in [0.25, 0.3) is 0 Å². The molecule has 0 aliphatic carbocycles. The van der Waals surface area contributed by atoms with Gasteiger partial charge in [-0.15, -0.1) is 0 Å². The summed E-state index contributed by atoms with van der Waals surface area (Å²) < 4.78 is 5.21. The zero-order valence-corrected chi connectivity index (χ0v) is 12.7. The number of piperidine rings is 1. The minimum atomic E-state index is -0.131. The quantitative estimate of drug-likeness (QED) is 0.857. The molecule has 1 aromatic carbocycles. The fourth-order valence-corrected chi connectivity index (χ4v) is 3.67. The minimum Gasteiger partial charge on any atom is -0.450 e. The van der Waals surface area contributed by atoms with Crippen LogP contribution in [0.15, 0.2) is 30.3 Å². The van der Waals surface area contributed by atoms with E-state index >= 15 is 0 Å². The molecule has 114 valence electrons. The van der Waals surface area contributed by atoms with Crippen molar-refractivity contribution in [2.75, 3.05) is 26.2 Å². The van der Waals surface area contributed by atoms with Gasteiger partial charge in [-0.05, 0) is 31.2 Å². The summed E-state index contributed by atoms with van der Waals surface area (Å²) >= 11 is 0. The Morgan fingerprint density at radius 2 is 2.10 bits per heavy atom. The van der Waals surface area contributed by atoms with Crippen molar-refractivity contribution in [1.82, 2.24) is 9.80 Å². The smallest absolute Gasteiger partial charge is 0.410 e. The molecule has 2 atom stereocenters. The first-order valence-corrected chi connectivity index (χ1v) is 7.97. The van der Waals surface area contributed by atoms with Crippen LogP contribution < -0.4 is 0 Å². The van der Waals surface area contributed by atoms with Crippen LogP contribution in [0, 0.1) is 5.92 Å². The number of carbonyl (C=O) groups excluding carboxylic acids is 1. The van der Waals surface area contributed by atoms with Gasteiger partial charge in [0.15, 0.2) is 0 Å². The van der Waals surface area contributed by atoms with Gasteiger partial charge in [0.05, 0.1) is 12.6 Å². The third kappa shape index (κ3) is 3.21. The van der Waals surface area contributed by atoms with Crippen LogP contribution in [-0.2, 0) is 11.3 Å². The second-order valence-electron chi connectivity index (χ2n) is 6.04. The maximum atomic E-state index is 12.1. The lowest BCUT2D eigenvalue weighted by Gasteiger charge is -2.36. The second kappa shape index (κ2) is 6.48. The zero-order valence-electron chi connectivity index (χ0n) is 12.7. The molecule has 0 spiro atoms. The summed E-state index contributed by atoms with van der Waals surface area (Å²) in [5, 5.41) is 0. The van der Waals surface area contributed by atoms with Gasteiger partial charge in [0.1, 0.15) is 0 Å². The number of hydrogen-bond acceptors (Lipinski definition) is 3. The van der Waals surface area contributed by atoms with Crippen molar-refractivity contribution in [3.63, 3.8) is 0 Å². The van der Waals surface area contributed by atoms with Gasteiger partial charge in [-0.1, -0.05) is 30.3 Å². The maximum absolute atomic E-state index is 12.1. The van der Waals surface area contributed by atoms with Crippen LogP contribution in [0.2, 0.25) is 0 Å². The molecule has 0 aromatic heterocycles. The first-order valence-electron chi connectivity index (χ1n) is 7.97. The van der Waals surface area contributed by atoms with Crippen molar-refractivity contribution < 1.29 is 9.53 Å². The topological polar surface area (TPSA) is 32.8 Å². The van der Waals surface area contributed by atoms with E-state index in [-0.39, 0.29) is 6.09 Å². The van der Waals surface area contributed by atoms with Gasteiger partial charge in [-0.2, -0.15) is 0 Å². The highest BCUT2D eigenvalue weighted by Gasteiger charge is 2.41. The van der Waals surface area contributed by atoms with Crippen molar-refractivity contribution in [2.45, 2.75) is 32.4 Å². The number of likely N-dealkylation sites (tertiary alicyclic amines) is 2. The predicted molar refractivity (Wildman–Crippen MR) is 82.0 cm³/mol. The Kier molecular flexibility index (Phi) is 4.44. The second-order valence-corrected chi connectivity index (χ2v) is 6.04. The lowest BCUT2D eigenvalue weighted by atomic mass is 9.92. The predicted octanol–water partition coefficient (Wildman–Crippen LogP) is 2.74. The van der Waals surface area contributed by atoms with E-state index in [0.717, 1.165) is 32.6 Å². The average molecular weight is 288 g/mol. The molecule has 4 nitrogen and oxygen atoms in total. The Bertz CT molecular complexity index is 477. The molecule has 2 saturated heterocycles. The number of fused-ring (bicyclic) bond motifs is 1. The fourth-order valence-electron chi connectivity index (χ4n) is 3.67. The van der Waals surface area contributed by atoms with Gasteiger partial charge in [-0.3, -0.25) is 4.90 Å². The van der Waals surface area contributed by atoms with E-state index < -0.39 is 0 Å². The average Bonchev–Trinajstić information content (AvgIpc) is 2.90. The summed E-state index contributed by atoms with van der Waals surface area (Å²) in [7, 11) is 0. The Hall–Kier alpha value is -1.55. The summed E-state index contributed by atoms with van der Waals surface area (Å²) in [6, 6.07) is 10.9. The van der Waals surface area contributed by atoms with Crippen molar-refractivity contribution in [1.29, 1.82) is 0 Å². The normalized spacial score (nSPS) is 25.7. The van der Waals surface area contributed by atoms with Crippen molar-refractivity contribution in [3.05, 3.63) is 35.9 Å². The summed E-state index contributed by atoms with van der Waals surface area (Å²) in [5.74, 6) is 0.604. The van der Waals surface area contributed by atoms with E-state index in [2.05, 4.69) is 35.2 Å². The van der Waals surface area contributed by atoms with Crippen LogP contribution in [0.5, 0.6) is 0 Å². The Morgan fingerprint density at radius 1 is 1.29 bits per heavy atom. The molecule has 0 bridgehead atoms. The molecule has 2 fully saturated rings.